The van der Waals surface area contributed by atoms with Crippen LogP contribution in [0.25, 0.3) is 5.52 Å². The molecule has 4 rings (SSSR count). The van der Waals surface area contributed by atoms with E-state index in [9.17, 15) is 31.1 Å². The van der Waals surface area contributed by atoms with Crippen LogP contribution >= 0.6 is 0 Å². The molecule has 16 heteroatoms. The van der Waals surface area contributed by atoms with Crippen molar-refractivity contribution in [1.82, 2.24) is 24.7 Å². The number of piperazine rings is 1. The molecule has 35 heavy (non-hydrogen) atoms. The maximum atomic E-state index is 13.1. The van der Waals surface area contributed by atoms with E-state index in [2.05, 4.69) is 25.7 Å². The number of carbonyl (C=O) groups excluding carboxylic acids is 1. The normalized spacial score (nSPS) is 14.4. The summed E-state index contributed by atoms with van der Waals surface area (Å²) in [5, 5.41) is 20.6. The second kappa shape index (κ2) is 9.81. The molecule has 0 aromatic carbocycles. The molecule has 190 valence electrons. The number of rotatable bonds is 3. The smallest absolute Gasteiger partial charge is 0.475 e. The molecule has 3 aromatic rings. The van der Waals surface area contributed by atoms with Gasteiger partial charge in [0.05, 0.1) is 11.2 Å². The molecule has 0 atom stereocenters. The van der Waals surface area contributed by atoms with E-state index in [0.29, 0.717) is 11.3 Å². The SMILES string of the molecule is Cn1cc(NC(=O)c2ccc3ccc(N4CCNCC4)nn23)c(C(F)(F)F)n1.O=C(O)C(F)(F)F. The molecule has 10 nitrogen and oxygen atoms in total. The first-order chi connectivity index (χ1) is 16.3. The lowest BCUT2D eigenvalue weighted by molar-refractivity contribution is -0.192. The fraction of sp³-hybridized carbons (Fsp3) is 0.368. The van der Waals surface area contributed by atoms with Gasteiger partial charge in [0.2, 0.25) is 0 Å². The van der Waals surface area contributed by atoms with Gasteiger partial charge in [-0.2, -0.15) is 31.4 Å². The Morgan fingerprint density at radius 3 is 2.20 bits per heavy atom. The van der Waals surface area contributed by atoms with Gasteiger partial charge in [0.25, 0.3) is 5.91 Å². The number of carbonyl (C=O) groups is 2. The van der Waals surface area contributed by atoms with Crippen molar-refractivity contribution < 1.29 is 41.0 Å². The largest absolute Gasteiger partial charge is 0.490 e. The fourth-order valence-corrected chi connectivity index (χ4v) is 3.19. The number of fused-ring (bicyclic) bond motifs is 1. The summed E-state index contributed by atoms with van der Waals surface area (Å²) >= 11 is 0. The summed E-state index contributed by atoms with van der Waals surface area (Å²) in [5.41, 5.74) is -0.720. The summed E-state index contributed by atoms with van der Waals surface area (Å²) in [4.78, 5) is 23.6. The Bertz CT molecular complexity index is 1210. The van der Waals surface area contributed by atoms with Gasteiger partial charge in [-0.05, 0) is 24.3 Å². The minimum absolute atomic E-state index is 0.143. The second-order valence-electron chi connectivity index (χ2n) is 7.30. The molecular weight excluding hydrogens is 488 g/mol. The van der Waals surface area contributed by atoms with E-state index in [4.69, 9.17) is 9.90 Å². The first kappa shape index (κ1) is 25.8. The maximum absolute atomic E-state index is 13.1. The number of hydrogen-bond acceptors (Lipinski definition) is 6. The van der Waals surface area contributed by atoms with Crippen LogP contribution in [0.5, 0.6) is 0 Å². The Morgan fingerprint density at radius 2 is 1.63 bits per heavy atom. The number of halogens is 6. The minimum atomic E-state index is -5.08. The zero-order valence-corrected chi connectivity index (χ0v) is 18.0. The van der Waals surface area contributed by atoms with Crippen LogP contribution in [0.15, 0.2) is 30.5 Å². The van der Waals surface area contributed by atoms with E-state index in [1.807, 2.05) is 12.1 Å². The van der Waals surface area contributed by atoms with Crippen LogP contribution in [0.2, 0.25) is 0 Å². The predicted molar refractivity (Wildman–Crippen MR) is 110 cm³/mol. The molecule has 0 spiro atoms. The standard InChI is InChI=1S/C17H18F3N7O.C2HF3O2/c1-25-10-12(15(24-25)17(18,19)20)22-16(28)13-4-2-11-3-5-14(23-27(11)13)26-8-6-21-7-9-26;3-2(4,5)1(6)7/h2-5,10,21H,6-9H2,1H3,(H,22,28);(H,6,7). The van der Waals surface area contributed by atoms with Gasteiger partial charge in [-0.25, -0.2) is 9.31 Å². The summed E-state index contributed by atoms with van der Waals surface area (Å²) in [7, 11) is 1.36. The third kappa shape index (κ3) is 6.20. The molecule has 0 saturated carbocycles. The molecule has 1 fully saturated rings. The Kier molecular flexibility index (Phi) is 7.23. The van der Waals surface area contributed by atoms with Crippen LogP contribution in [-0.2, 0) is 18.0 Å². The fourth-order valence-electron chi connectivity index (χ4n) is 3.19. The molecule has 0 aliphatic carbocycles. The van der Waals surface area contributed by atoms with E-state index in [-0.39, 0.29) is 5.69 Å². The third-order valence-corrected chi connectivity index (χ3v) is 4.75. The molecule has 1 amide bonds. The predicted octanol–water partition coefficient (Wildman–Crippen LogP) is 2.38. The highest BCUT2D eigenvalue weighted by atomic mass is 19.4. The zero-order chi connectivity index (χ0) is 26.0. The average Bonchev–Trinajstić information content (AvgIpc) is 3.36. The molecule has 0 radical (unpaired) electrons. The first-order valence-corrected chi connectivity index (χ1v) is 9.94. The number of alkyl halides is 6. The highest BCUT2D eigenvalue weighted by molar-refractivity contribution is 6.04. The van der Waals surface area contributed by atoms with Gasteiger partial charge >= 0.3 is 18.3 Å². The Hall–Kier alpha value is -3.82. The molecule has 4 heterocycles. The number of anilines is 2. The van der Waals surface area contributed by atoms with Gasteiger partial charge in [0, 0.05) is 39.4 Å². The number of aryl methyl sites for hydroxylation is 1. The molecule has 3 N–H and O–H groups in total. The number of hydrogen-bond donors (Lipinski definition) is 3. The highest BCUT2D eigenvalue weighted by Gasteiger charge is 2.38. The molecule has 0 bridgehead atoms. The summed E-state index contributed by atoms with van der Waals surface area (Å²) in [6, 6.07) is 6.91. The Labute approximate surface area is 193 Å². The number of aromatic nitrogens is 4. The van der Waals surface area contributed by atoms with Crippen molar-refractivity contribution in [3.63, 3.8) is 0 Å². The van der Waals surface area contributed by atoms with Gasteiger partial charge in [-0.1, -0.05) is 0 Å². The van der Waals surface area contributed by atoms with Crippen molar-refractivity contribution in [1.29, 1.82) is 0 Å². The van der Waals surface area contributed by atoms with Crippen LogP contribution in [0.3, 0.4) is 0 Å². The lowest BCUT2D eigenvalue weighted by Crippen LogP contribution is -2.44. The lowest BCUT2D eigenvalue weighted by Gasteiger charge is -2.28. The van der Waals surface area contributed by atoms with Crippen molar-refractivity contribution in [2.45, 2.75) is 12.4 Å². The van der Waals surface area contributed by atoms with E-state index in [1.165, 1.54) is 17.6 Å². The Balaban J connectivity index is 0.000000429. The quantitative estimate of drug-likeness (QED) is 0.466. The van der Waals surface area contributed by atoms with Crippen LogP contribution < -0.4 is 15.5 Å². The number of carboxylic acids is 1. The van der Waals surface area contributed by atoms with Crippen LogP contribution in [-0.4, -0.2) is 68.7 Å². The minimum Gasteiger partial charge on any atom is -0.475 e. The van der Waals surface area contributed by atoms with E-state index in [1.54, 1.807) is 6.07 Å². The lowest BCUT2D eigenvalue weighted by atomic mass is 10.3. The van der Waals surface area contributed by atoms with Gasteiger partial charge in [-0.15, -0.1) is 5.10 Å². The molecule has 3 aromatic heterocycles. The third-order valence-electron chi connectivity index (χ3n) is 4.75. The van der Waals surface area contributed by atoms with Crippen molar-refractivity contribution in [2.24, 2.45) is 7.05 Å². The zero-order valence-electron chi connectivity index (χ0n) is 18.0. The number of nitrogens with zero attached hydrogens (tertiary/aromatic N) is 5. The van der Waals surface area contributed by atoms with Crippen LogP contribution in [0.4, 0.5) is 37.8 Å². The number of carboxylic acid groups (broad SMARTS) is 1. The van der Waals surface area contributed by atoms with Crippen molar-refractivity contribution >= 4 is 28.9 Å². The van der Waals surface area contributed by atoms with Gasteiger partial charge < -0.3 is 20.6 Å². The average molecular weight is 507 g/mol. The van der Waals surface area contributed by atoms with Crippen molar-refractivity contribution in [2.75, 3.05) is 36.4 Å². The first-order valence-electron chi connectivity index (χ1n) is 9.94. The van der Waals surface area contributed by atoms with Gasteiger partial charge in [0.1, 0.15) is 11.5 Å². The second-order valence-corrected chi connectivity index (χ2v) is 7.30. The molecule has 1 aliphatic rings. The van der Waals surface area contributed by atoms with Crippen LogP contribution in [0.1, 0.15) is 16.2 Å². The number of aliphatic carboxylic acids is 1. The number of amides is 1. The summed E-state index contributed by atoms with van der Waals surface area (Å²) < 4.78 is 73.5. The van der Waals surface area contributed by atoms with E-state index < -0.39 is 35.6 Å². The van der Waals surface area contributed by atoms with E-state index >= 15 is 0 Å². The molecular formula is C19H19F6N7O3. The number of nitrogens with one attached hydrogen (secondary N) is 2. The molecule has 1 aliphatic heterocycles. The van der Waals surface area contributed by atoms with E-state index in [0.717, 1.165) is 37.1 Å². The van der Waals surface area contributed by atoms with Gasteiger partial charge in [0.15, 0.2) is 5.69 Å². The monoisotopic (exact) mass is 507 g/mol. The summed E-state index contributed by atoms with van der Waals surface area (Å²) in [5.74, 6) is -2.74. The molecule has 0 unspecified atom stereocenters. The van der Waals surface area contributed by atoms with Gasteiger partial charge in [-0.3, -0.25) is 9.48 Å². The highest BCUT2D eigenvalue weighted by Crippen LogP contribution is 2.33. The van der Waals surface area contributed by atoms with Crippen LogP contribution in [0, 0.1) is 0 Å². The van der Waals surface area contributed by atoms with Crippen molar-refractivity contribution in [3.05, 3.63) is 41.9 Å². The topological polar surface area (TPSA) is 117 Å². The summed E-state index contributed by atoms with van der Waals surface area (Å²) in [6.45, 7) is 3.23. The van der Waals surface area contributed by atoms with Crippen molar-refractivity contribution in [3.8, 4) is 0 Å². The maximum Gasteiger partial charge on any atom is 0.490 e. The molecule has 1 saturated heterocycles. The Morgan fingerprint density at radius 1 is 1.03 bits per heavy atom. The summed E-state index contributed by atoms with van der Waals surface area (Å²) in [6.07, 6.45) is -8.63.